The highest BCUT2D eigenvalue weighted by Gasteiger charge is 2.05. The van der Waals surface area contributed by atoms with Crippen LogP contribution in [-0.2, 0) is 6.54 Å². The molecule has 0 aromatic heterocycles. The molecule has 14 heavy (non-hydrogen) atoms. The minimum absolute atomic E-state index is 0.502. The van der Waals surface area contributed by atoms with E-state index in [1.165, 1.54) is 16.8 Å². The van der Waals surface area contributed by atoms with E-state index < -0.39 is 0 Å². The molecule has 3 N–H and O–H groups in total. The Morgan fingerprint density at radius 1 is 1.43 bits per heavy atom. The van der Waals surface area contributed by atoms with E-state index in [0.717, 1.165) is 6.42 Å². The summed E-state index contributed by atoms with van der Waals surface area (Å²) in [6.45, 7) is 7.06. The fraction of sp³-hybridized carbons (Fsp3) is 0.500. The maximum absolute atomic E-state index is 5.73. The Bertz CT molecular complexity index is 294. The van der Waals surface area contributed by atoms with Crippen LogP contribution in [0.1, 0.15) is 31.4 Å². The predicted octanol–water partition coefficient (Wildman–Crippen LogP) is 2.66. The Labute approximate surface area is 86.5 Å². The smallest absolute Gasteiger partial charge is 0.0390 e. The van der Waals surface area contributed by atoms with Gasteiger partial charge >= 0.3 is 0 Å². The third-order valence-corrected chi connectivity index (χ3v) is 2.63. The Kier molecular flexibility index (Phi) is 3.96. The third-order valence-electron chi connectivity index (χ3n) is 2.63. The molecule has 78 valence electrons. The highest BCUT2D eigenvalue weighted by atomic mass is 14.9. The van der Waals surface area contributed by atoms with Gasteiger partial charge in [-0.2, -0.15) is 0 Å². The molecule has 0 aliphatic carbocycles. The number of anilines is 1. The van der Waals surface area contributed by atoms with E-state index in [1.807, 2.05) is 0 Å². The SMILES string of the molecule is CCC(C)Nc1cccc(C)c1CN. The fourth-order valence-corrected chi connectivity index (χ4v) is 1.48. The lowest BCUT2D eigenvalue weighted by atomic mass is 10.1. The number of rotatable bonds is 4. The molecule has 0 saturated carbocycles. The van der Waals surface area contributed by atoms with Gasteiger partial charge in [0.15, 0.2) is 0 Å². The van der Waals surface area contributed by atoms with Crippen LogP contribution in [0.3, 0.4) is 0 Å². The van der Waals surface area contributed by atoms with Crippen molar-refractivity contribution in [2.75, 3.05) is 5.32 Å². The van der Waals surface area contributed by atoms with E-state index >= 15 is 0 Å². The molecule has 1 aromatic carbocycles. The van der Waals surface area contributed by atoms with E-state index in [9.17, 15) is 0 Å². The minimum Gasteiger partial charge on any atom is -0.382 e. The van der Waals surface area contributed by atoms with E-state index in [1.54, 1.807) is 0 Å². The number of benzene rings is 1. The van der Waals surface area contributed by atoms with Crippen LogP contribution >= 0.6 is 0 Å². The Hall–Kier alpha value is -1.02. The number of nitrogens with one attached hydrogen (secondary N) is 1. The molecule has 0 bridgehead atoms. The summed E-state index contributed by atoms with van der Waals surface area (Å²) in [5, 5.41) is 3.47. The molecular weight excluding hydrogens is 172 g/mol. The van der Waals surface area contributed by atoms with Crippen LogP contribution in [0.15, 0.2) is 18.2 Å². The molecule has 0 radical (unpaired) electrons. The Morgan fingerprint density at radius 3 is 2.71 bits per heavy atom. The average Bonchev–Trinajstić information content (AvgIpc) is 2.18. The lowest BCUT2D eigenvalue weighted by Gasteiger charge is -2.17. The first-order chi connectivity index (χ1) is 6.69. The zero-order valence-corrected chi connectivity index (χ0v) is 9.30. The van der Waals surface area contributed by atoms with Crippen molar-refractivity contribution in [2.45, 2.75) is 39.8 Å². The number of hydrogen-bond donors (Lipinski definition) is 2. The van der Waals surface area contributed by atoms with Crippen molar-refractivity contribution in [3.05, 3.63) is 29.3 Å². The standard InChI is InChI=1S/C12H20N2/c1-4-10(3)14-12-7-5-6-9(2)11(12)8-13/h5-7,10,14H,4,8,13H2,1-3H3. The normalized spacial score (nSPS) is 12.6. The molecular formula is C12H20N2. The summed E-state index contributed by atoms with van der Waals surface area (Å²) in [5.74, 6) is 0. The summed E-state index contributed by atoms with van der Waals surface area (Å²) in [4.78, 5) is 0. The van der Waals surface area contributed by atoms with Crippen LogP contribution in [0.25, 0.3) is 0 Å². The molecule has 1 rings (SSSR count). The van der Waals surface area contributed by atoms with E-state index in [2.05, 4.69) is 44.3 Å². The quantitative estimate of drug-likeness (QED) is 0.769. The Balaban J connectivity index is 2.90. The van der Waals surface area contributed by atoms with Gasteiger partial charge in [-0.15, -0.1) is 0 Å². The largest absolute Gasteiger partial charge is 0.382 e. The summed E-state index contributed by atoms with van der Waals surface area (Å²) >= 11 is 0. The summed E-state index contributed by atoms with van der Waals surface area (Å²) < 4.78 is 0. The van der Waals surface area contributed by atoms with E-state index in [0.29, 0.717) is 12.6 Å². The molecule has 0 heterocycles. The maximum atomic E-state index is 5.73. The second-order valence-corrected chi connectivity index (χ2v) is 3.76. The molecule has 0 amide bonds. The van der Waals surface area contributed by atoms with Gasteiger partial charge in [-0.3, -0.25) is 0 Å². The van der Waals surface area contributed by atoms with Crippen molar-refractivity contribution in [3.8, 4) is 0 Å². The van der Waals surface area contributed by atoms with Crippen molar-refractivity contribution in [2.24, 2.45) is 5.73 Å². The molecule has 0 aliphatic rings. The molecule has 0 saturated heterocycles. The van der Waals surface area contributed by atoms with E-state index in [4.69, 9.17) is 5.73 Å². The molecule has 1 aromatic rings. The third kappa shape index (κ3) is 2.48. The first kappa shape index (κ1) is 11.1. The van der Waals surface area contributed by atoms with Crippen molar-refractivity contribution < 1.29 is 0 Å². The van der Waals surface area contributed by atoms with Gasteiger partial charge in [0.2, 0.25) is 0 Å². The van der Waals surface area contributed by atoms with E-state index in [-0.39, 0.29) is 0 Å². The second-order valence-electron chi connectivity index (χ2n) is 3.76. The molecule has 1 atom stereocenters. The topological polar surface area (TPSA) is 38.0 Å². The molecule has 1 unspecified atom stereocenters. The maximum Gasteiger partial charge on any atom is 0.0390 e. The lowest BCUT2D eigenvalue weighted by Crippen LogP contribution is -2.16. The molecule has 2 nitrogen and oxygen atoms in total. The fourth-order valence-electron chi connectivity index (χ4n) is 1.48. The van der Waals surface area contributed by atoms with Crippen molar-refractivity contribution in [3.63, 3.8) is 0 Å². The molecule has 0 spiro atoms. The first-order valence-electron chi connectivity index (χ1n) is 5.24. The van der Waals surface area contributed by atoms with Gasteiger partial charge in [0.25, 0.3) is 0 Å². The van der Waals surface area contributed by atoms with Crippen LogP contribution in [0.5, 0.6) is 0 Å². The number of aryl methyl sites for hydroxylation is 1. The molecule has 0 aliphatic heterocycles. The number of nitrogens with two attached hydrogens (primary N) is 1. The highest BCUT2D eigenvalue weighted by molar-refractivity contribution is 5.54. The predicted molar refractivity (Wildman–Crippen MR) is 62.4 cm³/mol. The van der Waals surface area contributed by atoms with Crippen molar-refractivity contribution >= 4 is 5.69 Å². The highest BCUT2D eigenvalue weighted by Crippen LogP contribution is 2.19. The van der Waals surface area contributed by atoms with Crippen molar-refractivity contribution in [1.29, 1.82) is 0 Å². The van der Waals surface area contributed by atoms with Crippen LogP contribution in [0.2, 0.25) is 0 Å². The van der Waals surface area contributed by atoms with Gasteiger partial charge in [0.1, 0.15) is 0 Å². The molecule has 2 heteroatoms. The first-order valence-corrected chi connectivity index (χ1v) is 5.24. The van der Waals surface area contributed by atoms with Gasteiger partial charge in [-0.1, -0.05) is 19.1 Å². The summed E-state index contributed by atoms with van der Waals surface area (Å²) in [5.41, 5.74) is 9.40. The zero-order chi connectivity index (χ0) is 10.6. The Morgan fingerprint density at radius 2 is 2.14 bits per heavy atom. The second kappa shape index (κ2) is 5.01. The van der Waals surface area contributed by atoms with Gasteiger partial charge in [0.05, 0.1) is 0 Å². The van der Waals surface area contributed by atoms with Crippen LogP contribution < -0.4 is 11.1 Å². The zero-order valence-electron chi connectivity index (χ0n) is 9.30. The van der Waals surface area contributed by atoms with Gasteiger partial charge < -0.3 is 11.1 Å². The van der Waals surface area contributed by atoms with Gasteiger partial charge in [-0.05, 0) is 37.5 Å². The lowest BCUT2D eigenvalue weighted by molar-refractivity contribution is 0.761. The minimum atomic E-state index is 0.502. The summed E-state index contributed by atoms with van der Waals surface area (Å²) in [7, 11) is 0. The summed E-state index contributed by atoms with van der Waals surface area (Å²) in [6.07, 6.45) is 1.12. The van der Waals surface area contributed by atoms with Gasteiger partial charge in [0, 0.05) is 18.3 Å². The van der Waals surface area contributed by atoms with Gasteiger partial charge in [-0.25, -0.2) is 0 Å². The van der Waals surface area contributed by atoms with Crippen LogP contribution in [0.4, 0.5) is 5.69 Å². The average molecular weight is 192 g/mol. The van der Waals surface area contributed by atoms with Crippen molar-refractivity contribution in [1.82, 2.24) is 0 Å². The number of hydrogen-bond acceptors (Lipinski definition) is 2. The van der Waals surface area contributed by atoms with Crippen LogP contribution in [-0.4, -0.2) is 6.04 Å². The monoisotopic (exact) mass is 192 g/mol. The summed E-state index contributed by atoms with van der Waals surface area (Å²) in [6, 6.07) is 6.77. The van der Waals surface area contributed by atoms with Crippen LogP contribution in [0, 0.1) is 6.92 Å². The molecule has 0 fully saturated rings.